The van der Waals surface area contributed by atoms with E-state index >= 15 is 0 Å². The van der Waals surface area contributed by atoms with Crippen molar-refractivity contribution in [1.82, 2.24) is 20.0 Å². The Labute approximate surface area is 116 Å². The molecule has 6 heteroatoms. The Morgan fingerprint density at radius 3 is 2.80 bits per heavy atom. The van der Waals surface area contributed by atoms with Crippen LogP contribution in [0.15, 0.2) is 27.6 Å². The number of likely N-dealkylation sites (tertiary alicyclic amines) is 1. The van der Waals surface area contributed by atoms with Gasteiger partial charge in [0.05, 0.1) is 12.1 Å². The minimum absolute atomic E-state index is 0.199. The Morgan fingerprint density at radius 1 is 1.25 bits per heavy atom. The van der Waals surface area contributed by atoms with E-state index in [0.29, 0.717) is 23.8 Å². The van der Waals surface area contributed by atoms with Gasteiger partial charge in [0.15, 0.2) is 0 Å². The van der Waals surface area contributed by atoms with E-state index < -0.39 is 0 Å². The Kier molecular flexibility index (Phi) is 3.92. The fraction of sp³-hybridized carbons (Fsp3) is 0.500. The maximum atomic E-state index is 11.7. The van der Waals surface area contributed by atoms with Crippen molar-refractivity contribution in [3.8, 4) is 11.4 Å². The van der Waals surface area contributed by atoms with E-state index in [9.17, 15) is 4.79 Å². The Morgan fingerprint density at radius 2 is 2.05 bits per heavy atom. The normalized spacial score (nSPS) is 17.0. The zero-order valence-corrected chi connectivity index (χ0v) is 11.3. The van der Waals surface area contributed by atoms with Crippen LogP contribution in [0.5, 0.6) is 0 Å². The van der Waals surface area contributed by atoms with Crippen molar-refractivity contribution in [2.45, 2.75) is 32.2 Å². The molecule has 2 aromatic rings. The summed E-state index contributed by atoms with van der Waals surface area (Å²) in [5.74, 6) is 0.932. The molecule has 1 N–H and O–H groups in total. The molecule has 0 aromatic carbocycles. The molecule has 1 aliphatic heterocycles. The second-order valence-corrected chi connectivity index (χ2v) is 5.12. The summed E-state index contributed by atoms with van der Waals surface area (Å²) >= 11 is 0. The Balaban J connectivity index is 1.73. The third-order valence-electron chi connectivity index (χ3n) is 3.58. The molecule has 0 saturated carbocycles. The molecule has 0 amide bonds. The molecule has 0 aliphatic carbocycles. The summed E-state index contributed by atoms with van der Waals surface area (Å²) in [5, 5.41) is 3.90. The van der Waals surface area contributed by atoms with E-state index in [-0.39, 0.29) is 5.56 Å². The van der Waals surface area contributed by atoms with Crippen molar-refractivity contribution in [3.63, 3.8) is 0 Å². The lowest BCUT2D eigenvalue weighted by Crippen LogP contribution is -2.24. The van der Waals surface area contributed by atoms with Crippen LogP contribution >= 0.6 is 0 Å². The van der Waals surface area contributed by atoms with Crippen LogP contribution < -0.4 is 5.56 Å². The lowest BCUT2D eigenvalue weighted by molar-refractivity contribution is 0.234. The van der Waals surface area contributed by atoms with Gasteiger partial charge in [0, 0.05) is 6.20 Å². The largest absolute Gasteiger partial charge is 0.338 e. The first-order valence-corrected chi connectivity index (χ1v) is 7.06. The molecule has 3 heterocycles. The molecule has 0 radical (unpaired) electrons. The molecule has 20 heavy (non-hydrogen) atoms. The van der Waals surface area contributed by atoms with Crippen molar-refractivity contribution in [2.75, 3.05) is 13.1 Å². The highest BCUT2D eigenvalue weighted by molar-refractivity contribution is 5.51. The summed E-state index contributed by atoms with van der Waals surface area (Å²) in [4.78, 5) is 20.9. The summed E-state index contributed by atoms with van der Waals surface area (Å²) in [6, 6.07) is 3.45. The highest BCUT2D eigenvalue weighted by Crippen LogP contribution is 2.14. The number of aromatic nitrogens is 3. The average Bonchev–Trinajstić information content (AvgIpc) is 2.75. The second-order valence-electron chi connectivity index (χ2n) is 5.12. The van der Waals surface area contributed by atoms with Gasteiger partial charge in [-0.2, -0.15) is 4.98 Å². The molecule has 3 rings (SSSR count). The van der Waals surface area contributed by atoms with Crippen molar-refractivity contribution < 1.29 is 4.52 Å². The molecule has 6 nitrogen and oxygen atoms in total. The summed E-state index contributed by atoms with van der Waals surface area (Å²) in [6.45, 7) is 2.81. The number of hydrogen-bond acceptors (Lipinski definition) is 5. The predicted molar refractivity (Wildman–Crippen MR) is 74.1 cm³/mol. The Bertz CT molecular complexity index is 611. The molecule has 0 bridgehead atoms. The van der Waals surface area contributed by atoms with Gasteiger partial charge in [-0.1, -0.05) is 18.0 Å². The average molecular weight is 274 g/mol. The monoisotopic (exact) mass is 274 g/mol. The minimum Gasteiger partial charge on any atom is -0.338 e. The predicted octanol–water partition coefficient (Wildman–Crippen LogP) is 1.80. The van der Waals surface area contributed by atoms with Gasteiger partial charge in [0.1, 0.15) is 0 Å². The lowest BCUT2D eigenvalue weighted by Gasteiger charge is -2.16. The zero-order chi connectivity index (χ0) is 13.8. The van der Waals surface area contributed by atoms with Crippen LogP contribution in [0.3, 0.4) is 0 Å². The highest BCUT2D eigenvalue weighted by atomic mass is 16.5. The van der Waals surface area contributed by atoms with Crippen LogP contribution in [0.1, 0.15) is 31.6 Å². The number of rotatable bonds is 3. The quantitative estimate of drug-likeness (QED) is 0.923. The van der Waals surface area contributed by atoms with Gasteiger partial charge >= 0.3 is 0 Å². The maximum absolute atomic E-state index is 11.7. The first kappa shape index (κ1) is 13.1. The molecule has 0 atom stereocenters. The van der Waals surface area contributed by atoms with Crippen LogP contribution in [0.2, 0.25) is 0 Å². The van der Waals surface area contributed by atoms with Gasteiger partial charge in [-0.25, -0.2) is 0 Å². The maximum Gasteiger partial charge on any atom is 0.259 e. The number of H-pyrrole nitrogens is 1. The number of pyridine rings is 1. The third-order valence-corrected chi connectivity index (χ3v) is 3.58. The van der Waals surface area contributed by atoms with Crippen LogP contribution in [-0.4, -0.2) is 33.1 Å². The molecule has 0 unspecified atom stereocenters. The van der Waals surface area contributed by atoms with Crippen LogP contribution in [0, 0.1) is 0 Å². The molecule has 1 fully saturated rings. The summed E-state index contributed by atoms with van der Waals surface area (Å²) in [5.41, 5.74) is 0.244. The van der Waals surface area contributed by atoms with Crippen molar-refractivity contribution in [1.29, 1.82) is 0 Å². The molecule has 106 valence electrons. The van der Waals surface area contributed by atoms with Gasteiger partial charge < -0.3 is 9.51 Å². The molecular formula is C14H18N4O2. The minimum atomic E-state index is -0.199. The summed E-state index contributed by atoms with van der Waals surface area (Å²) in [6.07, 6.45) is 6.62. The lowest BCUT2D eigenvalue weighted by atomic mass is 10.2. The molecule has 2 aromatic heterocycles. The Hall–Kier alpha value is -1.95. The highest BCUT2D eigenvalue weighted by Gasteiger charge is 2.15. The van der Waals surface area contributed by atoms with E-state index in [1.165, 1.54) is 25.7 Å². The van der Waals surface area contributed by atoms with Crippen molar-refractivity contribution in [3.05, 3.63) is 34.6 Å². The van der Waals surface area contributed by atoms with E-state index in [0.717, 1.165) is 13.1 Å². The first-order valence-electron chi connectivity index (χ1n) is 7.06. The van der Waals surface area contributed by atoms with Crippen LogP contribution in [0.4, 0.5) is 0 Å². The van der Waals surface area contributed by atoms with Crippen LogP contribution in [0.25, 0.3) is 11.4 Å². The van der Waals surface area contributed by atoms with E-state index in [1.807, 2.05) is 0 Å². The molecule has 1 aliphatic rings. The molecular weight excluding hydrogens is 256 g/mol. The number of hydrogen-bond donors (Lipinski definition) is 1. The fourth-order valence-electron chi connectivity index (χ4n) is 2.51. The van der Waals surface area contributed by atoms with Gasteiger partial charge in [-0.3, -0.25) is 9.69 Å². The van der Waals surface area contributed by atoms with Crippen LogP contribution in [-0.2, 0) is 6.54 Å². The first-order chi connectivity index (χ1) is 9.83. The fourth-order valence-corrected chi connectivity index (χ4v) is 2.51. The van der Waals surface area contributed by atoms with Gasteiger partial charge in [-0.05, 0) is 38.1 Å². The third kappa shape index (κ3) is 2.96. The van der Waals surface area contributed by atoms with E-state index in [1.54, 1.807) is 18.3 Å². The number of nitrogens with zero attached hydrogens (tertiary/aromatic N) is 3. The van der Waals surface area contributed by atoms with E-state index in [4.69, 9.17) is 4.52 Å². The van der Waals surface area contributed by atoms with E-state index in [2.05, 4.69) is 20.0 Å². The number of nitrogens with one attached hydrogen (secondary N) is 1. The van der Waals surface area contributed by atoms with Crippen molar-refractivity contribution >= 4 is 0 Å². The number of aromatic amines is 1. The zero-order valence-electron chi connectivity index (χ0n) is 11.3. The second kappa shape index (κ2) is 6.00. The smallest absolute Gasteiger partial charge is 0.259 e. The van der Waals surface area contributed by atoms with Gasteiger partial charge in [0.25, 0.3) is 5.56 Å². The summed E-state index contributed by atoms with van der Waals surface area (Å²) < 4.78 is 5.26. The topological polar surface area (TPSA) is 75.0 Å². The van der Waals surface area contributed by atoms with Gasteiger partial charge in [0.2, 0.25) is 11.7 Å². The van der Waals surface area contributed by atoms with Crippen molar-refractivity contribution in [2.24, 2.45) is 0 Å². The SMILES string of the molecule is O=c1[nH]cccc1-c1noc(CN2CCCCCC2)n1. The van der Waals surface area contributed by atoms with Gasteiger partial charge in [-0.15, -0.1) is 0 Å². The standard InChI is InChI=1S/C14H18N4O2/c19-14-11(6-5-7-15-14)13-16-12(20-17-13)10-18-8-3-1-2-4-9-18/h5-7H,1-4,8-10H2,(H,15,19). The molecule has 0 spiro atoms. The summed E-state index contributed by atoms with van der Waals surface area (Å²) in [7, 11) is 0. The molecule has 1 saturated heterocycles.